The number of nitrogens with zero attached hydrogens (tertiary/aromatic N) is 1. The standard InChI is InChI=1S/C15H26N2/c1-5-8-15(11-16-3)17(4)12-14-10-7-6-9-13(14)2/h6-7,9-10,15-16H,5,8,11-12H2,1-4H3. The Morgan fingerprint density at radius 1 is 1.29 bits per heavy atom. The molecule has 0 radical (unpaired) electrons. The maximum Gasteiger partial charge on any atom is 0.0236 e. The molecule has 1 N–H and O–H groups in total. The maximum atomic E-state index is 3.29. The van der Waals surface area contributed by atoms with Crippen molar-refractivity contribution in [2.24, 2.45) is 0 Å². The van der Waals surface area contributed by atoms with Crippen molar-refractivity contribution in [2.75, 3.05) is 20.6 Å². The van der Waals surface area contributed by atoms with Crippen LogP contribution in [0.25, 0.3) is 0 Å². The first kappa shape index (κ1) is 14.2. The predicted molar refractivity (Wildman–Crippen MR) is 75.3 cm³/mol. The Labute approximate surface area is 106 Å². The fraction of sp³-hybridized carbons (Fsp3) is 0.600. The van der Waals surface area contributed by atoms with Crippen molar-refractivity contribution in [2.45, 2.75) is 39.3 Å². The van der Waals surface area contributed by atoms with Crippen molar-refractivity contribution in [1.82, 2.24) is 10.2 Å². The molecule has 96 valence electrons. The van der Waals surface area contributed by atoms with Crippen LogP contribution < -0.4 is 5.32 Å². The second kappa shape index (κ2) is 7.46. The van der Waals surface area contributed by atoms with Gasteiger partial charge < -0.3 is 5.32 Å². The Balaban J connectivity index is 2.62. The van der Waals surface area contributed by atoms with Crippen LogP contribution >= 0.6 is 0 Å². The van der Waals surface area contributed by atoms with Gasteiger partial charge in [0.1, 0.15) is 0 Å². The summed E-state index contributed by atoms with van der Waals surface area (Å²) in [6.07, 6.45) is 2.49. The highest BCUT2D eigenvalue weighted by atomic mass is 15.1. The number of likely N-dealkylation sites (N-methyl/N-ethyl adjacent to an activating group) is 2. The summed E-state index contributed by atoms with van der Waals surface area (Å²) in [6.45, 7) is 6.55. The van der Waals surface area contributed by atoms with Gasteiger partial charge in [0.25, 0.3) is 0 Å². The van der Waals surface area contributed by atoms with E-state index in [1.54, 1.807) is 0 Å². The molecule has 1 rings (SSSR count). The van der Waals surface area contributed by atoms with Crippen molar-refractivity contribution in [3.63, 3.8) is 0 Å². The van der Waals surface area contributed by atoms with Gasteiger partial charge in [0, 0.05) is 19.1 Å². The van der Waals surface area contributed by atoms with E-state index >= 15 is 0 Å². The monoisotopic (exact) mass is 234 g/mol. The van der Waals surface area contributed by atoms with Crippen LogP contribution in [0.1, 0.15) is 30.9 Å². The molecule has 0 saturated heterocycles. The predicted octanol–water partition coefficient (Wildman–Crippen LogP) is 2.81. The Hall–Kier alpha value is -0.860. The van der Waals surface area contributed by atoms with E-state index in [0.717, 1.165) is 13.1 Å². The highest BCUT2D eigenvalue weighted by Crippen LogP contribution is 2.13. The van der Waals surface area contributed by atoms with E-state index in [9.17, 15) is 0 Å². The Morgan fingerprint density at radius 2 is 2.00 bits per heavy atom. The van der Waals surface area contributed by atoms with Crippen LogP contribution in [0.5, 0.6) is 0 Å². The number of nitrogens with one attached hydrogen (secondary N) is 1. The maximum absolute atomic E-state index is 3.29. The molecule has 0 saturated carbocycles. The molecular weight excluding hydrogens is 208 g/mol. The Morgan fingerprint density at radius 3 is 2.59 bits per heavy atom. The van der Waals surface area contributed by atoms with Gasteiger partial charge in [0.2, 0.25) is 0 Å². The fourth-order valence-corrected chi connectivity index (χ4v) is 2.23. The van der Waals surface area contributed by atoms with Crippen LogP contribution in [0.2, 0.25) is 0 Å². The van der Waals surface area contributed by atoms with Gasteiger partial charge in [-0.1, -0.05) is 37.6 Å². The summed E-state index contributed by atoms with van der Waals surface area (Å²) >= 11 is 0. The number of benzene rings is 1. The summed E-state index contributed by atoms with van der Waals surface area (Å²) in [4.78, 5) is 2.46. The quantitative estimate of drug-likeness (QED) is 0.780. The molecule has 1 aromatic carbocycles. The molecule has 0 aromatic heterocycles. The zero-order chi connectivity index (χ0) is 12.7. The van der Waals surface area contributed by atoms with Gasteiger partial charge in [-0.25, -0.2) is 0 Å². The third-order valence-corrected chi connectivity index (χ3v) is 3.37. The number of aryl methyl sites for hydroxylation is 1. The van der Waals surface area contributed by atoms with Crippen molar-refractivity contribution >= 4 is 0 Å². The van der Waals surface area contributed by atoms with Crippen molar-refractivity contribution < 1.29 is 0 Å². The summed E-state index contributed by atoms with van der Waals surface area (Å²) in [7, 11) is 4.26. The minimum atomic E-state index is 0.629. The lowest BCUT2D eigenvalue weighted by atomic mass is 10.1. The zero-order valence-corrected chi connectivity index (χ0v) is 11.7. The molecule has 2 heteroatoms. The van der Waals surface area contributed by atoms with Crippen molar-refractivity contribution in [1.29, 1.82) is 0 Å². The van der Waals surface area contributed by atoms with Crippen LogP contribution in [-0.2, 0) is 6.54 Å². The van der Waals surface area contributed by atoms with E-state index < -0.39 is 0 Å². The molecule has 0 bridgehead atoms. The molecule has 2 nitrogen and oxygen atoms in total. The van der Waals surface area contributed by atoms with E-state index in [-0.39, 0.29) is 0 Å². The lowest BCUT2D eigenvalue weighted by molar-refractivity contribution is 0.217. The average Bonchev–Trinajstić information content (AvgIpc) is 2.32. The molecule has 0 aliphatic rings. The normalized spacial score (nSPS) is 13.0. The fourth-order valence-electron chi connectivity index (χ4n) is 2.23. The van der Waals surface area contributed by atoms with Crippen molar-refractivity contribution in [3.05, 3.63) is 35.4 Å². The highest BCUT2D eigenvalue weighted by Gasteiger charge is 2.13. The smallest absolute Gasteiger partial charge is 0.0236 e. The van der Waals surface area contributed by atoms with Crippen LogP contribution in [0, 0.1) is 6.92 Å². The third kappa shape index (κ3) is 4.49. The van der Waals surface area contributed by atoms with E-state index in [0.29, 0.717) is 6.04 Å². The molecule has 0 heterocycles. The lowest BCUT2D eigenvalue weighted by Crippen LogP contribution is -2.38. The number of rotatable bonds is 7. The molecule has 1 unspecified atom stereocenters. The van der Waals surface area contributed by atoms with Gasteiger partial charge in [0.05, 0.1) is 0 Å². The van der Waals surface area contributed by atoms with E-state index in [1.807, 2.05) is 7.05 Å². The summed E-state index contributed by atoms with van der Waals surface area (Å²) in [6, 6.07) is 9.29. The van der Waals surface area contributed by atoms with Gasteiger partial charge in [-0.05, 0) is 38.6 Å². The highest BCUT2D eigenvalue weighted by molar-refractivity contribution is 5.25. The second-order valence-corrected chi connectivity index (χ2v) is 4.84. The van der Waals surface area contributed by atoms with Gasteiger partial charge >= 0.3 is 0 Å². The van der Waals surface area contributed by atoms with Gasteiger partial charge in [-0.15, -0.1) is 0 Å². The number of hydrogen-bond acceptors (Lipinski definition) is 2. The van der Waals surface area contributed by atoms with E-state index in [1.165, 1.54) is 24.0 Å². The van der Waals surface area contributed by atoms with Crippen LogP contribution in [-0.4, -0.2) is 31.6 Å². The molecule has 0 fully saturated rings. The van der Waals surface area contributed by atoms with Crippen LogP contribution in [0.3, 0.4) is 0 Å². The van der Waals surface area contributed by atoms with Gasteiger partial charge in [-0.2, -0.15) is 0 Å². The van der Waals surface area contributed by atoms with Gasteiger partial charge in [0.15, 0.2) is 0 Å². The van der Waals surface area contributed by atoms with E-state index in [2.05, 4.69) is 55.4 Å². The third-order valence-electron chi connectivity index (χ3n) is 3.37. The first-order valence-corrected chi connectivity index (χ1v) is 6.58. The topological polar surface area (TPSA) is 15.3 Å². The van der Waals surface area contributed by atoms with Gasteiger partial charge in [-0.3, -0.25) is 4.90 Å². The summed E-state index contributed by atoms with van der Waals surface area (Å²) < 4.78 is 0. The summed E-state index contributed by atoms with van der Waals surface area (Å²) in [5, 5.41) is 3.29. The molecule has 0 amide bonds. The largest absolute Gasteiger partial charge is 0.318 e. The average molecular weight is 234 g/mol. The summed E-state index contributed by atoms with van der Waals surface area (Å²) in [5.41, 5.74) is 2.83. The minimum absolute atomic E-state index is 0.629. The first-order valence-electron chi connectivity index (χ1n) is 6.58. The Bertz CT molecular complexity index is 316. The number of hydrogen-bond donors (Lipinski definition) is 1. The zero-order valence-electron chi connectivity index (χ0n) is 11.7. The molecular formula is C15H26N2. The van der Waals surface area contributed by atoms with Crippen LogP contribution in [0.4, 0.5) is 0 Å². The molecule has 1 atom stereocenters. The molecule has 0 spiro atoms. The molecule has 0 aliphatic carbocycles. The molecule has 1 aromatic rings. The SMILES string of the molecule is CCCC(CNC)N(C)Cc1ccccc1C. The van der Waals surface area contributed by atoms with E-state index in [4.69, 9.17) is 0 Å². The molecule has 0 aliphatic heterocycles. The van der Waals surface area contributed by atoms with Crippen molar-refractivity contribution in [3.8, 4) is 0 Å². The lowest BCUT2D eigenvalue weighted by Gasteiger charge is -2.28. The molecule has 17 heavy (non-hydrogen) atoms. The summed E-state index contributed by atoms with van der Waals surface area (Å²) in [5.74, 6) is 0. The second-order valence-electron chi connectivity index (χ2n) is 4.84. The Kier molecular flexibility index (Phi) is 6.23. The first-order chi connectivity index (χ1) is 8.19. The van der Waals surface area contributed by atoms with Crippen LogP contribution in [0.15, 0.2) is 24.3 Å². The minimum Gasteiger partial charge on any atom is -0.318 e.